The number of benzene rings is 1. The molecule has 1 aromatic rings. The quantitative estimate of drug-likeness (QED) is 0.636. The summed E-state index contributed by atoms with van der Waals surface area (Å²) < 4.78 is 0. The van der Waals surface area contributed by atoms with E-state index in [-0.39, 0.29) is 17.4 Å². The lowest BCUT2D eigenvalue weighted by atomic mass is 10.2. The molecule has 0 amide bonds. The SMILES string of the molecule is CCSC1CCCC1Nc1ccc([N+](=O)[O-])cc1[N+](=O)[O-]. The van der Waals surface area contributed by atoms with Gasteiger partial charge in [0.1, 0.15) is 5.69 Å². The minimum absolute atomic E-state index is 0.176. The minimum Gasteiger partial charge on any atom is -0.376 e. The van der Waals surface area contributed by atoms with Gasteiger partial charge in [0.05, 0.1) is 15.9 Å². The van der Waals surface area contributed by atoms with E-state index in [1.165, 1.54) is 12.1 Å². The molecule has 1 N–H and O–H groups in total. The molecule has 2 atom stereocenters. The Morgan fingerprint density at radius 3 is 2.67 bits per heavy atom. The molecular formula is C13H17N3O4S. The summed E-state index contributed by atoms with van der Waals surface area (Å²) in [4.78, 5) is 20.6. The molecule has 2 rings (SSSR count). The largest absolute Gasteiger partial charge is 0.376 e. The lowest BCUT2D eigenvalue weighted by Crippen LogP contribution is -2.26. The number of nitro benzene ring substituents is 2. The first-order valence-corrected chi connectivity index (χ1v) is 7.88. The van der Waals surface area contributed by atoms with Crippen LogP contribution in [0.25, 0.3) is 0 Å². The van der Waals surface area contributed by atoms with Crippen LogP contribution < -0.4 is 5.32 Å². The molecule has 0 spiro atoms. The number of nitrogens with zero attached hydrogens (tertiary/aromatic N) is 2. The molecule has 21 heavy (non-hydrogen) atoms. The maximum atomic E-state index is 11.1. The van der Waals surface area contributed by atoms with Gasteiger partial charge in [0, 0.05) is 17.4 Å². The van der Waals surface area contributed by atoms with Crippen LogP contribution in [0.1, 0.15) is 26.2 Å². The topological polar surface area (TPSA) is 98.3 Å². The van der Waals surface area contributed by atoms with E-state index in [9.17, 15) is 20.2 Å². The fourth-order valence-corrected chi connectivity index (χ4v) is 3.81. The van der Waals surface area contributed by atoms with E-state index in [1.54, 1.807) is 0 Å². The van der Waals surface area contributed by atoms with E-state index in [1.807, 2.05) is 11.8 Å². The lowest BCUT2D eigenvalue weighted by Gasteiger charge is -2.21. The highest BCUT2D eigenvalue weighted by atomic mass is 32.2. The van der Waals surface area contributed by atoms with E-state index in [2.05, 4.69) is 12.2 Å². The molecule has 0 heterocycles. The molecule has 1 aromatic carbocycles. The molecule has 1 fully saturated rings. The van der Waals surface area contributed by atoms with Crippen molar-refractivity contribution in [3.63, 3.8) is 0 Å². The van der Waals surface area contributed by atoms with Crippen molar-refractivity contribution >= 4 is 28.8 Å². The summed E-state index contributed by atoms with van der Waals surface area (Å²) in [6.07, 6.45) is 3.15. The zero-order valence-electron chi connectivity index (χ0n) is 11.7. The third-order valence-corrected chi connectivity index (χ3v) is 4.89. The van der Waals surface area contributed by atoms with Crippen molar-refractivity contribution in [2.75, 3.05) is 11.1 Å². The standard InChI is InChI=1S/C13H17N3O4S/c1-2-21-13-5-3-4-11(13)14-10-7-6-9(15(17)18)8-12(10)16(19)20/h6-8,11,13-14H,2-5H2,1H3. The van der Waals surface area contributed by atoms with Gasteiger partial charge >= 0.3 is 0 Å². The Hall–Kier alpha value is -1.83. The first-order chi connectivity index (χ1) is 10.0. The highest BCUT2D eigenvalue weighted by Crippen LogP contribution is 2.35. The van der Waals surface area contributed by atoms with Crippen molar-refractivity contribution in [3.05, 3.63) is 38.4 Å². The summed E-state index contributed by atoms with van der Waals surface area (Å²) in [6, 6.07) is 3.92. The zero-order valence-corrected chi connectivity index (χ0v) is 12.5. The van der Waals surface area contributed by atoms with Crippen molar-refractivity contribution in [1.29, 1.82) is 0 Å². The van der Waals surface area contributed by atoms with Crippen LogP contribution in [0.3, 0.4) is 0 Å². The maximum Gasteiger partial charge on any atom is 0.299 e. The highest BCUT2D eigenvalue weighted by molar-refractivity contribution is 7.99. The molecule has 0 radical (unpaired) electrons. The van der Waals surface area contributed by atoms with Gasteiger partial charge in [-0.2, -0.15) is 11.8 Å². The van der Waals surface area contributed by atoms with Crippen LogP contribution in [0.15, 0.2) is 18.2 Å². The van der Waals surface area contributed by atoms with Gasteiger partial charge in [-0.1, -0.05) is 13.3 Å². The van der Waals surface area contributed by atoms with Gasteiger partial charge < -0.3 is 5.32 Å². The fraction of sp³-hybridized carbons (Fsp3) is 0.538. The average Bonchev–Trinajstić information content (AvgIpc) is 2.86. The summed E-state index contributed by atoms with van der Waals surface area (Å²) in [5, 5.41) is 25.5. The number of anilines is 1. The molecule has 2 unspecified atom stereocenters. The van der Waals surface area contributed by atoms with Crippen LogP contribution in [0.4, 0.5) is 17.1 Å². The minimum atomic E-state index is -0.623. The first-order valence-electron chi connectivity index (χ1n) is 6.84. The van der Waals surface area contributed by atoms with Gasteiger partial charge in [-0.15, -0.1) is 0 Å². The van der Waals surface area contributed by atoms with Crippen LogP contribution >= 0.6 is 11.8 Å². The van der Waals surface area contributed by atoms with Gasteiger partial charge in [0.2, 0.25) is 0 Å². The van der Waals surface area contributed by atoms with Crippen molar-refractivity contribution in [2.45, 2.75) is 37.5 Å². The summed E-state index contributed by atoms with van der Waals surface area (Å²) in [5.41, 5.74) is -0.145. The van der Waals surface area contributed by atoms with Crippen molar-refractivity contribution in [3.8, 4) is 0 Å². The highest BCUT2D eigenvalue weighted by Gasteiger charge is 2.29. The smallest absolute Gasteiger partial charge is 0.299 e. The number of hydrogen-bond donors (Lipinski definition) is 1. The zero-order chi connectivity index (χ0) is 15.4. The molecule has 114 valence electrons. The second-order valence-electron chi connectivity index (χ2n) is 4.89. The number of thioether (sulfide) groups is 1. The Morgan fingerprint density at radius 1 is 1.29 bits per heavy atom. The molecular weight excluding hydrogens is 294 g/mol. The van der Waals surface area contributed by atoms with Gasteiger partial charge in [0.15, 0.2) is 0 Å². The molecule has 0 aliphatic heterocycles. The van der Waals surface area contributed by atoms with E-state index in [4.69, 9.17) is 0 Å². The third-order valence-electron chi connectivity index (χ3n) is 3.56. The van der Waals surface area contributed by atoms with E-state index in [0.29, 0.717) is 10.9 Å². The van der Waals surface area contributed by atoms with Crippen LogP contribution in [0.2, 0.25) is 0 Å². The Balaban J connectivity index is 2.23. The van der Waals surface area contributed by atoms with Gasteiger partial charge in [-0.05, 0) is 24.7 Å². The van der Waals surface area contributed by atoms with Crippen LogP contribution in [0, 0.1) is 20.2 Å². The van der Waals surface area contributed by atoms with Crippen LogP contribution in [0.5, 0.6) is 0 Å². The second-order valence-corrected chi connectivity index (χ2v) is 6.41. The summed E-state index contributed by atoms with van der Waals surface area (Å²) in [6.45, 7) is 2.09. The number of rotatable bonds is 6. The van der Waals surface area contributed by atoms with Crippen molar-refractivity contribution < 1.29 is 9.85 Å². The third kappa shape index (κ3) is 3.63. The Bertz CT molecular complexity index is 552. The molecule has 1 aliphatic carbocycles. The van der Waals surface area contributed by atoms with Gasteiger partial charge in [0.25, 0.3) is 11.4 Å². The predicted molar refractivity (Wildman–Crippen MR) is 82.9 cm³/mol. The summed E-state index contributed by atoms with van der Waals surface area (Å²) in [5.74, 6) is 1.01. The number of non-ortho nitro benzene ring substituents is 1. The number of nitro groups is 2. The van der Waals surface area contributed by atoms with E-state index in [0.717, 1.165) is 31.1 Å². The van der Waals surface area contributed by atoms with Gasteiger partial charge in [-0.3, -0.25) is 20.2 Å². The second kappa shape index (κ2) is 6.75. The number of nitrogens with one attached hydrogen (secondary N) is 1. The van der Waals surface area contributed by atoms with Gasteiger partial charge in [-0.25, -0.2) is 0 Å². The predicted octanol–water partition coefficient (Wildman–Crippen LogP) is 3.59. The summed E-state index contributed by atoms with van der Waals surface area (Å²) in [7, 11) is 0. The monoisotopic (exact) mass is 311 g/mol. The first kappa shape index (κ1) is 15.6. The molecule has 0 aromatic heterocycles. The number of hydrogen-bond acceptors (Lipinski definition) is 6. The van der Waals surface area contributed by atoms with Crippen molar-refractivity contribution in [2.24, 2.45) is 0 Å². The average molecular weight is 311 g/mol. The molecule has 1 saturated carbocycles. The molecule has 7 nitrogen and oxygen atoms in total. The van der Waals surface area contributed by atoms with E-state index < -0.39 is 9.85 Å². The lowest BCUT2D eigenvalue weighted by molar-refractivity contribution is -0.393. The molecule has 0 saturated heterocycles. The summed E-state index contributed by atoms with van der Waals surface area (Å²) >= 11 is 1.85. The Labute approximate surface area is 126 Å². The molecule has 1 aliphatic rings. The molecule has 8 heteroatoms. The normalized spacial score (nSPS) is 21.2. The van der Waals surface area contributed by atoms with Crippen LogP contribution in [-0.4, -0.2) is 26.9 Å². The molecule has 0 bridgehead atoms. The van der Waals surface area contributed by atoms with Crippen molar-refractivity contribution in [1.82, 2.24) is 0 Å². The van der Waals surface area contributed by atoms with E-state index >= 15 is 0 Å². The van der Waals surface area contributed by atoms with Crippen LogP contribution in [-0.2, 0) is 0 Å². The Kier molecular flexibility index (Phi) is 5.00. The fourth-order valence-electron chi connectivity index (χ4n) is 2.61. The Morgan fingerprint density at radius 2 is 2.05 bits per heavy atom. The maximum absolute atomic E-state index is 11.1.